The Morgan fingerprint density at radius 3 is 2.08 bits per heavy atom. The van der Waals surface area contributed by atoms with E-state index < -0.39 is 54.5 Å². The summed E-state index contributed by atoms with van der Waals surface area (Å²) in [6, 6.07) is 1.05. The summed E-state index contributed by atoms with van der Waals surface area (Å²) in [7, 11) is 0. The number of aliphatic hydroxyl groups is 1. The normalized spacial score (nSPS) is 14.1. The number of carbonyl (C=O) groups excluding carboxylic acids is 3. The van der Waals surface area contributed by atoms with Gasteiger partial charge in [0, 0.05) is 24.7 Å². The van der Waals surface area contributed by atoms with Crippen LogP contribution in [0.5, 0.6) is 5.75 Å². The number of nitrogens with two attached hydrogens (primary N) is 2. The third-order valence-electron chi connectivity index (χ3n) is 5.72. The Bertz CT molecular complexity index is 1050. The summed E-state index contributed by atoms with van der Waals surface area (Å²) in [6.45, 7) is -0.264. The number of aliphatic carboxylic acids is 1. The molecule has 4 unspecified atom stereocenters. The number of nitrogens with one attached hydrogen (secondary N) is 4. The van der Waals surface area contributed by atoms with E-state index in [1.165, 1.54) is 24.7 Å². The number of carboxylic acid groups (broad SMARTS) is 1. The molecule has 0 fully saturated rings. The summed E-state index contributed by atoms with van der Waals surface area (Å²) in [6.07, 6.45) is 4.00. The molecule has 0 saturated heterocycles. The number of aromatic hydroxyl groups is 1. The molecule has 14 heteroatoms. The maximum absolute atomic E-state index is 13.3. The minimum Gasteiger partial charge on any atom is -0.508 e. The van der Waals surface area contributed by atoms with Crippen molar-refractivity contribution < 1.29 is 34.5 Å². The number of H-pyrrole nitrogens is 1. The first-order valence-corrected chi connectivity index (χ1v) is 12.1. The van der Waals surface area contributed by atoms with Gasteiger partial charge in [-0.2, -0.15) is 0 Å². The number of unbranched alkanes of at least 4 members (excludes halogenated alkanes) is 1. The number of aromatic nitrogens is 2. The van der Waals surface area contributed by atoms with Crippen molar-refractivity contribution in [2.75, 3.05) is 13.2 Å². The summed E-state index contributed by atoms with van der Waals surface area (Å²) < 4.78 is 0. The Balaban J connectivity index is 2.26. The number of aromatic amines is 1. The molecule has 3 amide bonds. The van der Waals surface area contributed by atoms with Gasteiger partial charge in [0.2, 0.25) is 17.7 Å². The Kier molecular flexibility index (Phi) is 12.2. The topological polar surface area (TPSA) is 246 Å². The van der Waals surface area contributed by atoms with Gasteiger partial charge in [-0.1, -0.05) is 12.1 Å². The first kappa shape index (κ1) is 30.2. The first-order valence-electron chi connectivity index (χ1n) is 12.1. The van der Waals surface area contributed by atoms with Crippen molar-refractivity contribution in [3.05, 3.63) is 48.0 Å². The number of phenols is 1. The van der Waals surface area contributed by atoms with Gasteiger partial charge in [0.05, 0.1) is 12.9 Å². The summed E-state index contributed by atoms with van der Waals surface area (Å²) in [5, 5.41) is 35.8. The van der Waals surface area contributed by atoms with E-state index in [-0.39, 0.29) is 25.0 Å². The van der Waals surface area contributed by atoms with Gasteiger partial charge >= 0.3 is 5.97 Å². The van der Waals surface area contributed by atoms with E-state index >= 15 is 0 Å². The fourth-order valence-electron chi connectivity index (χ4n) is 3.56. The van der Waals surface area contributed by atoms with Crippen molar-refractivity contribution in [3.8, 4) is 5.75 Å². The SMILES string of the molecule is NCCCCC(NC(=O)C(Cc1ccc(O)cc1)NC(=O)C(Cc1cnc[nH]1)NC(=O)C(N)CO)C(=O)O. The van der Waals surface area contributed by atoms with Crippen LogP contribution in [0.3, 0.4) is 0 Å². The molecule has 2 aromatic rings. The van der Waals surface area contributed by atoms with Crippen LogP contribution in [0.25, 0.3) is 0 Å². The number of hydrogen-bond donors (Lipinski definition) is 9. The number of imidazole rings is 1. The molecule has 208 valence electrons. The molecule has 0 aliphatic heterocycles. The third-order valence-corrected chi connectivity index (χ3v) is 5.72. The lowest BCUT2D eigenvalue weighted by Gasteiger charge is -2.25. The predicted octanol–water partition coefficient (Wildman–Crippen LogP) is -2.11. The zero-order valence-corrected chi connectivity index (χ0v) is 20.8. The minimum absolute atomic E-state index is 0.00666. The number of amides is 3. The lowest BCUT2D eigenvalue weighted by Crippen LogP contribution is -2.58. The van der Waals surface area contributed by atoms with E-state index in [2.05, 4.69) is 25.9 Å². The minimum atomic E-state index is -1.27. The fourth-order valence-corrected chi connectivity index (χ4v) is 3.56. The van der Waals surface area contributed by atoms with Gasteiger partial charge < -0.3 is 47.7 Å². The zero-order chi connectivity index (χ0) is 28.1. The van der Waals surface area contributed by atoms with Gasteiger partial charge in [0.25, 0.3) is 0 Å². The lowest BCUT2D eigenvalue weighted by atomic mass is 10.0. The van der Waals surface area contributed by atoms with Crippen LogP contribution in [0.15, 0.2) is 36.8 Å². The van der Waals surface area contributed by atoms with Gasteiger partial charge in [-0.15, -0.1) is 0 Å². The fraction of sp³-hybridized carbons (Fsp3) is 0.458. The van der Waals surface area contributed by atoms with Gasteiger partial charge in [0.1, 0.15) is 29.9 Å². The molecule has 14 nitrogen and oxygen atoms in total. The molecule has 4 atom stereocenters. The van der Waals surface area contributed by atoms with Crippen LogP contribution in [0, 0.1) is 0 Å². The maximum atomic E-state index is 13.3. The number of rotatable bonds is 16. The quantitative estimate of drug-likeness (QED) is 0.106. The average molecular weight is 534 g/mol. The second kappa shape index (κ2) is 15.3. The van der Waals surface area contributed by atoms with Crippen molar-refractivity contribution in [2.24, 2.45) is 11.5 Å². The Labute approximate surface area is 219 Å². The van der Waals surface area contributed by atoms with Gasteiger partial charge in [0.15, 0.2) is 0 Å². The molecular formula is C24H35N7O7. The summed E-state index contributed by atoms with van der Waals surface area (Å²) in [5.74, 6) is -3.49. The van der Waals surface area contributed by atoms with Crippen LogP contribution in [-0.4, -0.2) is 86.3 Å². The molecule has 2 rings (SSSR count). The van der Waals surface area contributed by atoms with Crippen LogP contribution >= 0.6 is 0 Å². The molecule has 38 heavy (non-hydrogen) atoms. The second-order valence-corrected chi connectivity index (χ2v) is 8.75. The summed E-state index contributed by atoms with van der Waals surface area (Å²) in [4.78, 5) is 57.2. The molecule has 11 N–H and O–H groups in total. The first-order chi connectivity index (χ1) is 18.1. The number of carboxylic acids is 1. The Morgan fingerprint density at radius 2 is 1.53 bits per heavy atom. The average Bonchev–Trinajstić information content (AvgIpc) is 3.41. The molecule has 1 heterocycles. The van der Waals surface area contributed by atoms with Crippen LogP contribution in [0.1, 0.15) is 30.5 Å². The molecule has 1 aromatic heterocycles. The van der Waals surface area contributed by atoms with Crippen LogP contribution < -0.4 is 27.4 Å². The van der Waals surface area contributed by atoms with E-state index in [0.717, 1.165) is 0 Å². The van der Waals surface area contributed by atoms with Crippen LogP contribution in [0.4, 0.5) is 0 Å². The van der Waals surface area contributed by atoms with Gasteiger partial charge in [-0.3, -0.25) is 14.4 Å². The van der Waals surface area contributed by atoms with Crippen molar-refractivity contribution in [3.63, 3.8) is 0 Å². The summed E-state index contributed by atoms with van der Waals surface area (Å²) >= 11 is 0. The number of carbonyl (C=O) groups is 4. The highest BCUT2D eigenvalue weighted by Crippen LogP contribution is 2.12. The van der Waals surface area contributed by atoms with E-state index in [1.807, 2.05) is 0 Å². The highest BCUT2D eigenvalue weighted by molar-refractivity contribution is 5.94. The lowest BCUT2D eigenvalue weighted by molar-refractivity contribution is -0.142. The molecule has 0 saturated carbocycles. The second-order valence-electron chi connectivity index (χ2n) is 8.75. The van der Waals surface area contributed by atoms with Crippen molar-refractivity contribution in [1.82, 2.24) is 25.9 Å². The molecule has 0 bridgehead atoms. The van der Waals surface area contributed by atoms with E-state index in [0.29, 0.717) is 30.6 Å². The third kappa shape index (κ3) is 9.80. The van der Waals surface area contributed by atoms with Gasteiger partial charge in [-0.05, 0) is 43.5 Å². The monoisotopic (exact) mass is 533 g/mol. The standard InChI is InChI=1S/C24H35N7O7/c25-8-2-1-3-18(24(37)38)29-22(35)19(9-14-4-6-16(33)7-5-14)31-23(36)20(10-15-11-27-13-28-15)30-21(34)17(26)12-32/h4-7,11,13,17-20,32-33H,1-3,8-10,12,25-26H2,(H,27,28)(H,29,35)(H,30,34)(H,31,36)(H,37,38). The smallest absolute Gasteiger partial charge is 0.326 e. The number of aliphatic hydroxyl groups excluding tert-OH is 1. The van der Waals surface area contributed by atoms with Crippen molar-refractivity contribution >= 4 is 23.7 Å². The molecule has 0 aliphatic carbocycles. The molecule has 1 aromatic carbocycles. The van der Waals surface area contributed by atoms with Crippen molar-refractivity contribution in [2.45, 2.75) is 56.3 Å². The Hall–Kier alpha value is -4.01. The molecular weight excluding hydrogens is 498 g/mol. The summed E-state index contributed by atoms with van der Waals surface area (Å²) in [5.41, 5.74) is 12.1. The zero-order valence-electron chi connectivity index (χ0n) is 20.8. The van der Waals surface area contributed by atoms with E-state index in [1.54, 1.807) is 12.1 Å². The predicted molar refractivity (Wildman–Crippen MR) is 135 cm³/mol. The van der Waals surface area contributed by atoms with Crippen LogP contribution in [-0.2, 0) is 32.0 Å². The highest BCUT2D eigenvalue weighted by atomic mass is 16.4. The molecule has 0 spiro atoms. The molecule has 0 radical (unpaired) electrons. The van der Waals surface area contributed by atoms with Crippen molar-refractivity contribution in [1.29, 1.82) is 0 Å². The maximum Gasteiger partial charge on any atom is 0.326 e. The number of hydrogen-bond acceptors (Lipinski definition) is 9. The van der Waals surface area contributed by atoms with E-state index in [4.69, 9.17) is 11.5 Å². The molecule has 0 aliphatic rings. The number of phenolic OH excluding ortho intramolecular Hbond substituents is 1. The largest absolute Gasteiger partial charge is 0.508 e. The Morgan fingerprint density at radius 1 is 0.921 bits per heavy atom. The number of nitrogens with zero attached hydrogens (tertiary/aromatic N) is 1. The van der Waals surface area contributed by atoms with Gasteiger partial charge in [-0.25, -0.2) is 9.78 Å². The highest BCUT2D eigenvalue weighted by Gasteiger charge is 2.30. The number of benzene rings is 1. The van der Waals surface area contributed by atoms with E-state index in [9.17, 15) is 34.5 Å². The van der Waals surface area contributed by atoms with Crippen LogP contribution in [0.2, 0.25) is 0 Å².